The van der Waals surface area contributed by atoms with Crippen molar-refractivity contribution in [3.63, 3.8) is 0 Å². The highest BCUT2D eigenvalue weighted by molar-refractivity contribution is 7.08. The van der Waals surface area contributed by atoms with Gasteiger partial charge in [0.1, 0.15) is 4.88 Å². The van der Waals surface area contributed by atoms with Crippen molar-refractivity contribution in [3.05, 3.63) is 69.7 Å². The Kier molecular flexibility index (Phi) is 5.60. The molecule has 1 aromatic heterocycles. The average Bonchev–Trinajstić information content (AvgIpc) is 3.12. The summed E-state index contributed by atoms with van der Waals surface area (Å²) in [5, 5.41) is 10.1. The number of nitrogens with zero attached hydrogens (tertiary/aromatic N) is 2. The zero-order chi connectivity index (χ0) is 18.5. The molecule has 0 fully saturated rings. The highest BCUT2D eigenvalue weighted by atomic mass is 35.5. The Hall–Kier alpha value is -2.77. The second kappa shape index (κ2) is 8.07. The number of anilines is 2. The summed E-state index contributed by atoms with van der Waals surface area (Å²) in [6.45, 7) is 1.91. The van der Waals surface area contributed by atoms with Crippen LogP contribution >= 0.6 is 23.1 Å². The number of amides is 2. The van der Waals surface area contributed by atoms with Crippen LogP contribution in [-0.2, 0) is 6.42 Å². The van der Waals surface area contributed by atoms with Gasteiger partial charge in [0.25, 0.3) is 11.8 Å². The van der Waals surface area contributed by atoms with Crippen molar-refractivity contribution in [2.24, 2.45) is 0 Å². The van der Waals surface area contributed by atoms with Gasteiger partial charge in [-0.25, -0.2) is 0 Å². The third kappa shape index (κ3) is 4.07. The van der Waals surface area contributed by atoms with Crippen molar-refractivity contribution in [1.82, 2.24) is 9.59 Å². The van der Waals surface area contributed by atoms with Gasteiger partial charge in [-0.15, -0.1) is 5.10 Å². The van der Waals surface area contributed by atoms with E-state index in [9.17, 15) is 9.59 Å². The van der Waals surface area contributed by atoms with Gasteiger partial charge in [-0.2, -0.15) is 0 Å². The van der Waals surface area contributed by atoms with Crippen LogP contribution in [0.5, 0.6) is 0 Å². The monoisotopic (exact) mass is 386 g/mol. The quantitative estimate of drug-likeness (QED) is 0.686. The first-order valence-corrected chi connectivity index (χ1v) is 9.02. The van der Waals surface area contributed by atoms with Crippen molar-refractivity contribution in [3.8, 4) is 0 Å². The minimum atomic E-state index is -0.301. The minimum absolute atomic E-state index is 0.294. The Morgan fingerprint density at radius 2 is 1.62 bits per heavy atom. The normalized spacial score (nSPS) is 10.4. The number of carbonyl (C=O) groups is 2. The lowest BCUT2D eigenvalue weighted by molar-refractivity contribution is 0.101. The summed E-state index contributed by atoms with van der Waals surface area (Å²) in [5.41, 5.74) is 2.11. The van der Waals surface area contributed by atoms with Crippen LogP contribution in [0.1, 0.15) is 32.6 Å². The molecule has 0 bridgehead atoms. The van der Waals surface area contributed by atoms with E-state index < -0.39 is 0 Å². The van der Waals surface area contributed by atoms with E-state index in [4.69, 9.17) is 11.6 Å². The van der Waals surface area contributed by atoms with Gasteiger partial charge in [-0.1, -0.05) is 35.1 Å². The summed E-state index contributed by atoms with van der Waals surface area (Å²) < 4.78 is 3.82. The first kappa shape index (κ1) is 18.0. The van der Waals surface area contributed by atoms with Crippen molar-refractivity contribution in [1.29, 1.82) is 0 Å². The molecule has 0 unspecified atom stereocenters. The Bertz CT molecular complexity index is 940. The van der Waals surface area contributed by atoms with Gasteiger partial charge in [0.15, 0.2) is 0 Å². The van der Waals surface area contributed by atoms with Gasteiger partial charge in [0.05, 0.1) is 17.1 Å². The molecule has 2 amide bonds. The lowest BCUT2D eigenvalue weighted by Crippen LogP contribution is -2.17. The number of aromatic nitrogens is 2. The summed E-state index contributed by atoms with van der Waals surface area (Å²) in [6, 6.07) is 13.5. The van der Waals surface area contributed by atoms with Crippen molar-refractivity contribution in [2.45, 2.75) is 13.3 Å². The summed E-state index contributed by atoms with van der Waals surface area (Å²) in [7, 11) is 0. The van der Waals surface area contributed by atoms with Gasteiger partial charge in [-0.05, 0) is 54.4 Å². The molecule has 0 aliphatic carbocycles. The highest BCUT2D eigenvalue weighted by Crippen LogP contribution is 2.24. The molecule has 2 aromatic carbocycles. The summed E-state index contributed by atoms with van der Waals surface area (Å²) in [4.78, 5) is 25.4. The van der Waals surface area contributed by atoms with E-state index in [0.29, 0.717) is 39.0 Å². The molecule has 3 rings (SSSR count). The van der Waals surface area contributed by atoms with Crippen LogP contribution in [0.25, 0.3) is 0 Å². The second-order valence-electron chi connectivity index (χ2n) is 5.36. The maximum absolute atomic E-state index is 12.5. The molecule has 0 saturated carbocycles. The number of hydrogen-bond acceptors (Lipinski definition) is 5. The van der Waals surface area contributed by atoms with E-state index in [0.717, 1.165) is 11.5 Å². The molecule has 26 heavy (non-hydrogen) atoms. The Morgan fingerprint density at radius 1 is 1.00 bits per heavy atom. The molecular weight excluding hydrogens is 372 g/mol. The Balaban J connectivity index is 1.79. The van der Waals surface area contributed by atoms with Crippen LogP contribution in [0.4, 0.5) is 11.4 Å². The fourth-order valence-corrected chi connectivity index (χ4v) is 3.06. The van der Waals surface area contributed by atoms with Crippen molar-refractivity contribution >= 4 is 46.3 Å². The number of hydrogen-bond donors (Lipinski definition) is 2. The summed E-state index contributed by atoms with van der Waals surface area (Å²) in [5.74, 6) is -0.595. The number of halogens is 1. The fraction of sp³-hybridized carbons (Fsp3) is 0.111. The zero-order valence-electron chi connectivity index (χ0n) is 13.8. The standard InChI is InChI=1S/C18H15ClN4O2S/c1-2-13-16(26-23-22-13)18(25)21-15-6-4-3-5-14(15)20-17(24)11-7-9-12(19)10-8-11/h3-10H,2H2,1H3,(H,20,24)(H,21,25). The minimum Gasteiger partial charge on any atom is -0.320 e. The first-order valence-electron chi connectivity index (χ1n) is 7.87. The molecule has 0 radical (unpaired) electrons. The maximum atomic E-state index is 12.5. The molecule has 6 nitrogen and oxygen atoms in total. The predicted molar refractivity (Wildman–Crippen MR) is 103 cm³/mol. The van der Waals surface area contributed by atoms with E-state index in [-0.39, 0.29) is 11.8 Å². The number of nitrogens with one attached hydrogen (secondary N) is 2. The number of carbonyl (C=O) groups excluding carboxylic acids is 2. The second-order valence-corrected chi connectivity index (χ2v) is 6.55. The molecule has 0 spiro atoms. The Labute approximate surface area is 159 Å². The molecule has 2 N–H and O–H groups in total. The van der Waals surface area contributed by atoms with Crippen LogP contribution < -0.4 is 10.6 Å². The molecule has 8 heteroatoms. The molecule has 0 atom stereocenters. The van der Waals surface area contributed by atoms with Crippen LogP contribution in [-0.4, -0.2) is 21.4 Å². The molecule has 3 aromatic rings. The van der Waals surface area contributed by atoms with Crippen LogP contribution in [0.3, 0.4) is 0 Å². The van der Waals surface area contributed by atoms with Gasteiger partial charge in [0.2, 0.25) is 0 Å². The lowest BCUT2D eigenvalue weighted by atomic mass is 10.2. The maximum Gasteiger partial charge on any atom is 0.269 e. The van der Waals surface area contributed by atoms with Crippen LogP contribution in [0.2, 0.25) is 5.02 Å². The number of rotatable bonds is 5. The number of aryl methyl sites for hydroxylation is 1. The summed E-state index contributed by atoms with van der Waals surface area (Å²) >= 11 is 6.89. The largest absolute Gasteiger partial charge is 0.320 e. The molecular formula is C18H15ClN4O2S. The first-order chi connectivity index (χ1) is 12.6. The van der Waals surface area contributed by atoms with E-state index in [1.54, 1.807) is 48.5 Å². The van der Waals surface area contributed by atoms with Crippen molar-refractivity contribution in [2.75, 3.05) is 10.6 Å². The third-order valence-electron chi connectivity index (χ3n) is 3.63. The van der Waals surface area contributed by atoms with Crippen molar-refractivity contribution < 1.29 is 9.59 Å². The summed E-state index contributed by atoms with van der Waals surface area (Å²) in [6.07, 6.45) is 0.619. The van der Waals surface area contributed by atoms with E-state index >= 15 is 0 Å². The predicted octanol–water partition coefficient (Wildman–Crippen LogP) is 4.26. The van der Waals surface area contributed by atoms with E-state index in [1.807, 2.05) is 6.92 Å². The highest BCUT2D eigenvalue weighted by Gasteiger charge is 2.17. The fourth-order valence-electron chi connectivity index (χ4n) is 2.29. The van der Waals surface area contributed by atoms with E-state index in [1.165, 1.54) is 0 Å². The van der Waals surface area contributed by atoms with Gasteiger partial charge in [-0.3, -0.25) is 9.59 Å². The van der Waals surface area contributed by atoms with Gasteiger partial charge >= 0.3 is 0 Å². The molecule has 1 heterocycles. The lowest BCUT2D eigenvalue weighted by Gasteiger charge is -2.12. The third-order valence-corrected chi connectivity index (χ3v) is 4.65. The van der Waals surface area contributed by atoms with Gasteiger partial charge in [0, 0.05) is 10.6 Å². The number of para-hydroxylation sites is 2. The molecule has 0 aliphatic rings. The average molecular weight is 387 g/mol. The molecule has 132 valence electrons. The molecule has 0 aliphatic heterocycles. The number of benzene rings is 2. The van der Waals surface area contributed by atoms with Crippen LogP contribution in [0, 0.1) is 0 Å². The molecule has 0 saturated heterocycles. The zero-order valence-corrected chi connectivity index (χ0v) is 15.4. The van der Waals surface area contributed by atoms with Gasteiger partial charge < -0.3 is 10.6 Å². The van der Waals surface area contributed by atoms with Crippen LogP contribution in [0.15, 0.2) is 48.5 Å². The SMILES string of the molecule is CCc1nnsc1C(=O)Nc1ccccc1NC(=O)c1ccc(Cl)cc1. The smallest absolute Gasteiger partial charge is 0.269 e. The topological polar surface area (TPSA) is 84.0 Å². The van der Waals surface area contributed by atoms with E-state index in [2.05, 4.69) is 20.2 Å². The Morgan fingerprint density at radius 3 is 2.23 bits per heavy atom.